The van der Waals surface area contributed by atoms with Crippen LogP contribution in [0.2, 0.25) is 0 Å². The summed E-state index contributed by atoms with van der Waals surface area (Å²) in [6.45, 7) is 11.1. The molecule has 17 heavy (non-hydrogen) atoms. The highest BCUT2D eigenvalue weighted by molar-refractivity contribution is 7.12. The Balaban J connectivity index is 2.73. The van der Waals surface area contributed by atoms with E-state index in [1.807, 2.05) is 25.8 Å². The smallest absolute Gasteiger partial charge is 0.228 e. The molecule has 0 aliphatic carbocycles. The van der Waals surface area contributed by atoms with Crippen molar-refractivity contribution >= 4 is 17.2 Å². The van der Waals surface area contributed by atoms with E-state index in [0.717, 1.165) is 13.0 Å². The van der Waals surface area contributed by atoms with Gasteiger partial charge in [0.2, 0.25) is 5.91 Å². The molecule has 0 saturated heterocycles. The monoisotopic (exact) mass is 253 g/mol. The molecule has 1 aromatic heterocycles. The van der Waals surface area contributed by atoms with Gasteiger partial charge in [0.15, 0.2) is 0 Å². The lowest BCUT2D eigenvalue weighted by Crippen LogP contribution is -2.37. The summed E-state index contributed by atoms with van der Waals surface area (Å²) >= 11 is 1.78. The van der Waals surface area contributed by atoms with Crippen LogP contribution < -0.4 is 0 Å². The van der Waals surface area contributed by atoms with E-state index in [4.69, 9.17) is 0 Å². The van der Waals surface area contributed by atoms with Crippen molar-refractivity contribution in [3.05, 3.63) is 21.4 Å². The number of nitrogens with zero attached hydrogens (tertiary/aromatic N) is 1. The minimum Gasteiger partial charge on any atom is -0.340 e. The minimum absolute atomic E-state index is 0.226. The van der Waals surface area contributed by atoms with Gasteiger partial charge >= 0.3 is 0 Å². The fourth-order valence-corrected chi connectivity index (χ4v) is 2.81. The van der Waals surface area contributed by atoms with Crippen LogP contribution in [-0.4, -0.2) is 17.9 Å². The average molecular weight is 253 g/mol. The highest BCUT2D eigenvalue weighted by Crippen LogP contribution is 2.26. The lowest BCUT2D eigenvalue weighted by Gasteiger charge is -2.28. The number of carbonyl (C=O) groups excluding carboxylic acids is 1. The van der Waals surface area contributed by atoms with Crippen molar-refractivity contribution in [1.82, 2.24) is 4.90 Å². The zero-order valence-corrected chi connectivity index (χ0v) is 12.6. The van der Waals surface area contributed by atoms with Crippen LogP contribution in [0.5, 0.6) is 0 Å². The predicted octanol–water partition coefficient (Wildman–Crippen LogP) is 3.76. The summed E-state index contributed by atoms with van der Waals surface area (Å²) < 4.78 is 0. The van der Waals surface area contributed by atoms with E-state index in [9.17, 15) is 4.79 Å². The second kappa shape index (κ2) is 5.21. The minimum atomic E-state index is -0.254. The number of aryl methyl sites for hydroxylation is 2. The van der Waals surface area contributed by atoms with Crippen molar-refractivity contribution in [3.63, 3.8) is 0 Å². The van der Waals surface area contributed by atoms with Gasteiger partial charge in [0.25, 0.3) is 0 Å². The first-order valence-electron chi connectivity index (χ1n) is 6.09. The summed E-state index contributed by atoms with van der Waals surface area (Å²) in [5.74, 6) is 0.226. The maximum absolute atomic E-state index is 12.2. The first kappa shape index (κ1) is 14.2. The van der Waals surface area contributed by atoms with Crippen LogP contribution in [-0.2, 0) is 11.3 Å². The second-order valence-electron chi connectivity index (χ2n) is 5.35. The maximum atomic E-state index is 12.2. The van der Waals surface area contributed by atoms with Crippen molar-refractivity contribution in [1.29, 1.82) is 0 Å². The predicted molar refractivity (Wildman–Crippen MR) is 74.3 cm³/mol. The molecule has 3 heteroatoms. The molecule has 0 aromatic carbocycles. The summed E-state index contributed by atoms with van der Waals surface area (Å²) in [5.41, 5.74) is 1.07. The molecule has 0 radical (unpaired) electrons. The van der Waals surface area contributed by atoms with E-state index >= 15 is 0 Å². The summed E-state index contributed by atoms with van der Waals surface area (Å²) in [6.07, 6.45) is 0.874. The van der Waals surface area contributed by atoms with Gasteiger partial charge in [-0.25, -0.2) is 0 Å². The van der Waals surface area contributed by atoms with Crippen molar-refractivity contribution in [2.24, 2.45) is 5.41 Å². The van der Waals surface area contributed by atoms with Crippen LogP contribution in [0.25, 0.3) is 0 Å². The van der Waals surface area contributed by atoms with E-state index in [2.05, 4.69) is 26.8 Å². The Morgan fingerprint density at radius 2 is 2.00 bits per heavy atom. The molecule has 0 fully saturated rings. The normalized spacial score (nSPS) is 11.6. The van der Waals surface area contributed by atoms with Crippen LogP contribution in [0, 0.1) is 19.3 Å². The van der Waals surface area contributed by atoms with Gasteiger partial charge in [-0.2, -0.15) is 0 Å². The fourth-order valence-electron chi connectivity index (χ4n) is 1.70. The Labute approximate surface area is 109 Å². The summed E-state index contributed by atoms with van der Waals surface area (Å²) in [5, 5.41) is 0. The summed E-state index contributed by atoms with van der Waals surface area (Å²) in [7, 11) is 1.89. The van der Waals surface area contributed by atoms with Gasteiger partial charge in [-0.05, 0) is 31.9 Å². The van der Waals surface area contributed by atoms with Gasteiger partial charge in [-0.1, -0.05) is 20.8 Å². The van der Waals surface area contributed by atoms with Crippen LogP contribution >= 0.6 is 11.3 Å². The van der Waals surface area contributed by atoms with Crippen molar-refractivity contribution in [3.8, 4) is 0 Å². The van der Waals surface area contributed by atoms with E-state index in [1.54, 1.807) is 11.3 Å². The number of carbonyl (C=O) groups is 1. The maximum Gasteiger partial charge on any atom is 0.228 e. The Kier molecular flexibility index (Phi) is 4.36. The highest BCUT2D eigenvalue weighted by Gasteiger charge is 2.28. The third-order valence-electron chi connectivity index (χ3n) is 3.42. The quantitative estimate of drug-likeness (QED) is 0.800. The molecule has 0 atom stereocenters. The third-order valence-corrected chi connectivity index (χ3v) is 4.56. The van der Waals surface area contributed by atoms with Gasteiger partial charge in [0, 0.05) is 22.2 Å². The number of hydrogen-bond donors (Lipinski definition) is 0. The summed E-state index contributed by atoms with van der Waals surface area (Å²) in [6, 6.07) is 2.18. The molecule has 96 valence electrons. The average Bonchev–Trinajstić information content (AvgIpc) is 2.56. The number of thiophene rings is 1. The lowest BCUT2D eigenvalue weighted by molar-refractivity contribution is -0.139. The molecular weight excluding hydrogens is 230 g/mol. The number of amides is 1. The molecule has 0 bridgehead atoms. The zero-order chi connectivity index (χ0) is 13.2. The SMILES string of the molecule is CCC(C)(C)C(=O)N(C)Cc1cc(C)c(C)s1. The molecule has 0 aliphatic rings. The molecule has 1 rings (SSSR count). The third kappa shape index (κ3) is 3.32. The highest BCUT2D eigenvalue weighted by atomic mass is 32.1. The second-order valence-corrected chi connectivity index (χ2v) is 6.69. The van der Waals surface area contributed by atoms with Gasteiger partial charge in [-0.15, -0.1) is 11.3 Å². The first-order valence-corrected chi connectivity index (χ1v) is 6.91. The van der Waals surface area contributed by atoms with E-state index in [1.165, 1.54) is 15.3 Å². The molecule has 1 aromatic rings. The number of hydrogen-bond acceptors (Lipinski definition) is 2. The standard InChI is InChI=1S/C14H23NOS/c1-7-14(4,5)13(16)15(6)9-12-8-10(2)11(3)17-12/h8H,7,9H2,1-6H3. The molecule has 2 nitrogen and oxygen atoms in total. The van der Waals surface area contributed by atoms with Gasteiger partial charge in [-0.3, -0.25) is 4.79 Å². The Morgan fingerprint density at radius 3 is 2.41 bits per heavy atom. The van der Waals surface area contributed by atoms with Crippen molar-refractivity contribution in [2.45, 2.75) is 47.6 Å². The van der Waals surface area contributed by atoms with Crippen molar-refractivity contribution in [2.75, 3.05) is 7.05 Å². The van der Waals surface area contributed by atoms with Gasteiger partial charge in [0.05, 0.1) is 6.54 Å². The van der Waals surface area contributed by atoms with E-state index in [0.29, 0.717) is 0 Å². The van der Waals surface area contributed by atoms with Crippen LogP contribution in [0.15, 0.2) is 6.07 Å². The zero-order valence-electron chi connectivity index (χ0n) is 11.8. The topological polar surface area (TPSA) is 20.3 Å². The molecular formula is C14H23NOS. The molecule has 0 N–H and O–H groups in total. The lowest BCUT2D eigenvalue weighted by atomic mass is 9.89. The van der Waals surface area contributed by atoms with Crippen LogP contribution in [0.3, 0.4) is 0 Å². The molecule has 0 aliphatic heterocycles. The Morgan fingerprint density at radius 1 is 1.41 bits per heavy atom. The van der Waals surface area contributed by atoms with Gasteiger partial charge < -0.3 is 4.90 Å². The fraction of sp³-hybridized carbons (Fsp3) is 0.643. The molecule has 0 unspecified atom stereocenters. The first-order chi connectivity index (χ1) is 7.77. The molecule has 0 spiro atoms. The molecule has 1 heterocycles. The largest absolute Gasteiger partial charge is 0.340 e. The van der Waals surface area contributed by atoms with Crippen LogP contribution in [0.1, 0.15) is 42.5 Å². The molecule has 0 saturated carbocycles. The Hall–Kier alpha value is -0.830. The molecule has 1 amide bonds. The Bertz CT molecular complexity index is 387. The van der Waals surface area contributed by atoms with E-state index < -0.39 is 0 Å². The van der Waals surface area contributed by atoms with Crippen LogP contribution in [0.4, 0.5) is 0 Å². The van der Waals surface area contributed by atoms with Gasteiger partial charge in [0.1, 0.15) is 0 Å². The number of rotatable bonds is 4. The van der Waals surface area contributed by atoms with Crippen molar-refractivity contribution < 1.29 is 4.79 Å². The van der Waals surface area contributed by atoms with E-state index in [-0.39, 0.29) is 11.3 Å². The summed E-state index contributed by atoms with van der Waals surface area (Å²) in [4.78, 5) is 16.7.